The van der Waals surface area contributed by atoms with Crippen LogP contribution in [0.25, 0.3) is 16.6 Å². The third-order valence-electron chi connectivity index (χ3n) is 6.53. The number of halogens is 1. The fourth-order valence-electron chi connectivity index (χ4n) is 5.29. The SMILES string of the molecule is Cc1cc(-n2c3c(c4c(O)cccc42)[C@]2(C[C@@H](C)C2)OCC3(C)C)ccc1F. The van der Waals surface area contributed by atoms with Gasteiger partial charge in [0, 0.05) is 27.7 Å². The van der Waals surface area contributed by atoms with Crippen LogP contribution in [0.1, 0.15) is 50.4 Å². The maximum Gasteiger partial charge on any atom is 0.126 e. The molecule has 2 aliphatic rings. The van der Waals surface area contributed by atoms with E-state index in [4.69, 9.17) is 4.74 Å². The molecule has 0 bridgehead atoms. The molecule has 0 unspecified atom stereocenters. The average Bonchev–Trinajstić information content (AvgIpc) is 2.98. The summed E-state index contributed by atoms with van der Waals surface area (Å²) in [6, 6.07) is 10.9. The second-order valence-electron chi connectivity index (χ2n) is 9.34. The molecule has 5 rings (SSSR count). The Hall–Kier alpha value is -2.33. The van der Waals surface area contributed by atoms with Gasteiger partial charge in [-0.1, -0.05) is 26.8 Å². The number of ether oxygens (including phenoxy) is 1. The summed E-state index contributed by atoms with van der Waals surface area (Å²) in [7, 11) is 0. The molecule has 2 heterocycles. The highest BCUT2D eigenvalue weighted by atomic mass is 19.1. The molecule has 1 aliphatic heterocycles. The summed E-state index contributed by atoms with van der Waals surface area (Å²) in [6.07, 6.45) is 1.93. The predicted molar refractivity (Wildman–Crippen MR) is 109 cm³/mol. The number of aromatic nitrogens is 1. The van der Waals surface area contributed by atoms with Crippen LogP contribution in [-0.4, -0.2) is 16.3 Å². The van der Waals surface area contributed by atoms with Crippen LogP contribution in [0.4, 0.5) is 4.39 Å². The molecule has 1 N–H and O–H groups in total. The number of nitrogens with zero attached hydrogens (tertiary/aromatic N) is 1. The summed E-state index contributed by atoms with van der Waals surface area (Å²) in [5, 5.41) is 11.7. The summed E-state index contributed by atoms with van der Waals surface area (Å²) in [4.78, 5) is 0. The van der Waals surface area contributed by atoms with Crippen molar-refractivity contribution in [2.24, 2.45) is 5.92 Å². The van der Waals surface area contributed by atoms with Gasteiger partial charge in [0.25, 0.3) is 0 Å². The molecule has 1 fully saturated rings. The minimum absolute atomic E-state index is 0.205. The van der Waals surface area contributed by atoms with Crippen molar-refractivity contribution in [1.82, 2.24) is 4.57 Å². The van der Waals surface area contributed by atoms with Gasteiger partial charge in [0.1, 0.15) is 11.6 Å². The standard InChI is InChI=1S/C24H26FNO2/c1-14-11-24(12-14)21-20-18(6-5-7-19(20)27)26(22(21)23(3,4)13-28-24)16-8-9-17(25)15(2)10-16/h5-10,14,27H,11-13H2,1-4H3/t14-,24-. The Morgan fingerprint density at radius 3 is 2.61 bits per heavy atom. The van der Waals surface area contributed by atoms with Crippen LogP contribution in [0, 0.1) is 18.7 Å². The number of phenols is 1. The number of fused-ring (bicyclic) bond motifs is 4. The Morgan fingerprint density at radius 1 is 1.18 bits per heavy atom. The van der Waals surface area contributed by atoms with Crippen molar-refractivity contribution < 1.29 is 14.2 Å². The van der Waals surface area contributed by atoms with Crippen molar-refractivity contribution >= 4 is 10.9 Å². The normalized spacial score (nSPS) is 25.7. The number of aromatic hydroxyl groups is 1. The lowest BCUT2D eigenvalue weighted by molar-refractivity contribution is -0.155. The van der Waals surface area contributed by atoms with Gasteiger partial charge >= 0.3 is 0 Å². The zero-order valence-corrected chi connectivity index (χ0v) is 16.8. The van der Waals surface area contributed by atoms with Crippen molar-refractivity contribution in [2.45, 2.75) is 51.6 Å². The molecule has 1 aliphatic carbocycles. The van der Waals surface area contributed by atoms with Gasteiger partial charge in [0.2, 0.25) is 0 Å². The average molecular weight is 379 g/mol. The summed E-state index contributed by atoms with van der Waals surface area (Å²) >= 11 is 0. The third-order valence-corrected chi connectivity index (χ3v) is 6.53. The fourth-order valence-corrected chi connectivity index (χ4v) is 5.29. The second-order valence-corrected chi connectivity index (χ2v) is 9.34. The van der Waals surface area contributed by atoms with Gasteiger partial charge in [0.15, 0.2) is 0 Å². The van der Waals surface area contributed by atoms with Crippen molar-refractivity contribution in [3.63, 3.8) is 0 Å². The molecule has 0 saturated heterocycles. The highest BCUT2D eigenvalue weighted by Crippen LogP contribution is 2.58. The molecule has 0 radical (unpaired) electrons. The molecular weight excluding hydrogens is 353 g/mol. The fraction of sp³-hybridized carbons (Fsp3) is 0.417. The molecule has 0 amide bonds. The molecular formula is C24H26FNO2. The number of phenolic OH excluding ortho intramolecular Hbond substituents is 1. The minimum atomic E-state index is -0.332. The quantitative estimate of drug-likeness (QED) is 0.587. The molecule has 146 valence electrons. The second kappa shape index (κ2) is 5.60. The first-order valence-corrected chi connectivity index (χ1v) is 10.0. The lowest BCUT2D eigenvalue weighted by atomic mass is 9.64. The lowest BCUT2D eigenvalue weighted by Crippen LogP contribution is -2.50. The highest BCUT2D eigenvalue weighted by Gasteiger charge is 2.54. The maximum absolute atomic E-state index is 14.0. The summed E-state index contributed by atoms with van der Waals surface area (Å²) in [6.45, 7) is 9.03. The molecule has 1 aromatic heterocycles. The van der Waals surface area contributed by atoms with E-state index in [-0.39, 0.29) is 22.6 Å². The van der Waals surface area contributed by atoms with E-state index < -0.39 is 0 Å². The van der Waals surface area contributed by atoms with Gasteiger partial charge in [-0.25, -0.2) is 4.39 Å². The molecule has 28 heavy (non-hydrogen) atoms. The van der Waals surface area contributed by atoms with E-state index in [1.165, 1.54) is 11.8 Å². The Kier molecular flexibility index (Phi) is 3.55. The van der Waals surface area contributed by atoms with Crippen LogP contribution in [-0.2, 0) is 15.8 Å². The smallest absolute Gasteiger partial charge is 0.126 e. The molecule has 0 atom stereocenters. The highest BCUT2D eigenvalue weighted by molar-refractivity contribution is 5.94. The summed E-state index contributed by atoms with van der Waals surface area (Å²) in [5.74, 6) is 0.682. The van der Waals surface area contributed by atoms with Gasteiger partial charge in [-0.3, -0.25) is 0 Å². The van der Waals surface area contributed by atoms with E-state index in [1.807, 2.05) is 24.3 Å². The van der Waals surface area contributed by atoms with E-state index in [2.05, 4.69) is 25.3 Å². The zero-order valence-electron chi connectivity index (χ0n) is 16.8. The van der Waals surface area contributed by atoms with Crippen LogP contribution in [0.15, 0.2) is 36.4 Å². The van der Waals surface area contributed by atoms with Crippen LogP contribution in [0.2, 0.25) is 0 Å². The number of aryl methyl sites for hydroxylation is 1. The van der Waals surface area contributed by atoms with Crippen LogP contribution in [0.3, 0.4) is 0 Å². The van der Waals surface area contributed by atoms with Gasteiger partial charge < -0.3 is 14.4 Å². The zero-order chi connectivity index (χ0) is 19.8. The molecule has 1 saturated carbocycles. The van der Waals surface area contributed by atoms with Gasteiger partial charge in [0.05, 0.1) is 17.7 Å². The van der Waals surface area contributed by atoms with E-state index >= 15 is 0 Å². The van der Waals surface area contributed by atoms with E-state index in [0.717, 1.165) is 35.0 Å². The monoisotopic (exact) mass is 379 g/mol. The van der Waals surface area contributed by atoms with Crippen molar-refractivity contribution in [2.75, 3.05) is 6.61 Å². The Balaban J connectivity index is 1.92. The summed E-state index contributed by atoms with van der Waals surface area (Å²) < 4.78 is 22.7. The Morgan fingerprint density at radius 2 is 1.93 bits per heavy atom. The number of hydrogen-bond acceptors (Lipinski definition) is 2. The maximum atomic E-state index is 14.0. The minimum Gasteiger partial charge on any atom is -0.507 e. The Bertz CT molecular complexity index is 1110. The lowest BCUT2D eigenvalue weighted by Gasteiger charge is -2.52. The Labute approximate surface area is 164 Å². The first-order chi connectivity index (χ1) is 13.2. The van der Waals surface area contributed by atoms with Crippen LogP contribution in [0.5, 0.6) is 5.75 Å². The first kappa shape index (κ1) is 17.7. The van der Waals surface area contributed by atoms with Crippen molar-refractivity contribution in [1.29, 1.82) is 0 Å². The van der Waals surface area contributed by atoms with Gasteiger partial charge in [-0.05, 0) is 61.6 Å². The van der Waals surface area contributed by atoms with Crippen LogP contribution < -0.4 is 0 Å². The third kappa shape index (κ3) is 2.24. The molecule has 2 aromatic carbocycles. The van der Waals surface area contributed by atoms with Crippen LogP contribution >= 0.6 is 0 Å². The number of rotatable bonds is 1. The molecule has 3 aromatic rings. The molecule has 4 heteroatoms. The van der Waals surface area contributed by atoms with E-state index in [9.17, 15) is 9.50 Å². The predicted octanol–water partition coefficient (Wildman–Crippen LogP) is 5.72. The van der Waals surface area contributed by atoms with E-state index in [1.54, 1.807) is 13.0 Å². The van der Waals surface area contributed by atoms with Gasteiger partial charge in [-0.15, -0.1) is 0 Å². The molecule has 1 spiro atoms. The van der Waals surface area contributed by atoms with Crippen molar-refractivity contribution in [3.05, 3.63) is 59.0 Å². The summed E-state index contributed by atoms with van der Waals surface area (Å²) in [5.41, 5.74) is 4.23. The van der Waals surface area contributed by atoms with E-state index in [0.29, 0.717) is 18.1 Å². The first-order valence-electron chi connectivity index (χ1n) is 10.0. The molecule has 3 nitrogen and oxygen atoms in total. The van der Waals surface area contributed by atoms with Crippen molar-refractivity contribution in [3.8, 4) is 11.4 Å². The topological polar surface area (TPSA) is 34.4 Å². The number of hydrogen-bond donors (Lipinski definition) is 1. The number of benzene rings is 2. The largest absolute Gasteiger partial charge is 0.507 e. The van der Waals surface area contributed by atoms with Gasteiger partial charge in [-0.2, -0.15) is 0 Å².